The Morgan fingerprint density at radius 3 is 2.95 bits per heavy atom. The summed E-state index contributed by atoms with van der Waals surface area (Å²) in [7, 11) is 0. The van der Waals surface area contributed by atoms with E-state index < -0.39 is 0 Å². The summed E-state index contributed by atoms with van der Waals surface area (Å²) >= 11 is 0. The Hall–Kier alpha value is -1.67. The molecule has 0 bridgehead atoms. The van der Waals surface area contributed by atoms with Gasteiger partial charge in [-0.25, -0.2) is 0 Å². The number of hydrogen-bond acceptors (Lipinski definition) is 2. The number of pyridine rings is 1. The van der Waals surface area contributed by atoms with Crippen LogP contribution in [-0.2, 0) is 0 Å². The molecule has 0 saturated carbocycles. The van der Waals surface area contributed by atoms with Crippen molar-refractivity contribution in [3.63, 3.8) is 0 Å². The van der Waals surface area contributed by atoms with Crippen molar-refractivity contribution in [2.75, 3.05) is 13.1 Å². The lowest BCUT2D eigenvalue weighted by Gasteiger charge is -2.07. The van der Waals surface area contributed by atoms with E-state index in [0.29, 0.717) is 5.92 Å². The first-order chi connectivity index (χ1) is 9.66. The molecule has 1 N–H and O–H groups in total. The van der Waals surface area contributed by atoms with Crippen LogP contribution in [0.15, 0.2) is 42.6 Å². The van der Waals surface area contributed by atoms with Gasteiger partial charge in [-0.1, -0.05) is 38.1 Å². The van der Waals surface area contributed by atoms with E-state index in [4.69, 9.17) is 0 Å². The molecule has 1 heterocycles. The standard InChI is InChI=1S/C18H24N2/c1-14(2)13-19-10-4-6-15(3)17-9-8-16-7-5-11-20-18(16)12-17/h5-9,11-12,14,19H,4,10,13H2,1-3H3/b15-6-. The summed E-state index contributed by atoms with van der Waals surface area (Å²) in [6, 6.07) is 10.6. The minimum absolute atomic E-state index is 0.714. The molecule has 2 nitrogen and oxygen atoms in total. The number of hydrogen-bond donors (Lipinski definition) is 1. The largest absolute Gasteiger partial charge is 0.316 e. The maximum Gasteiger partial charge on any atom is 0.0708 e. The fourth-order valence-corrected chi connectivity index (χ4v) is 2.21. The van der Waals surface area contributed by atoms with E-state index in [1.807, 2.05) is 12.3 Å². The molecule has 0 aliphatic heterocycles. The van der Waals surface area contributed by atoms with Crippen LogP contribution in [0.4, 0.5) is 0 Å². The number of allylic oxidation sites excluding steroid dienone is 1. The van der Waals surface area contributed by atoms with E-state index in [0.717, 1.165) is 25.0 Å². The fourth-order valence-electron chi connectivity index (χ4n) is 2.21. The highest BCUT2D eigenvalue weighted by Crippen LogP contribution is 2.19. The first kappa shape index (κ1) is 14.7. The van der Waals surface area contributed by atoms with Crippen LogP contribution in [0.1, 0.15) is 32.8 Å². The summed E-state index contributed by atoms with van der Waals surface area (Å²) in [6.45, 7) is 8.77. The SMILES string of the molecule is C/C(=C/CCNCC(C)C)c1ccc2cccnc2c1. The summed E-state index contributed by atoms with van der Waals surface area (Å²) in [5, 5.41) is 4.66. The van der Waals surface area contributed by atoms with Gasteiger partial charge in [0.15, 0.2) is 0 Å². The Labute approximate surface area is 121 Å². The number of nitrogens with one attached hydrogen (secondary N) is 1. The van der Waals surface area contributed by atoms with Gasteiger partial charge in [-0.05, 0) is 55.6 Å². The summed E-state index contributed by atoms with van der Waals surface area (Å²) in [6.07, 6.45) is 5.22. The van der Waals surface area contributed by atoms with Crippen molar-refractivity contribution >= 4 is 16.5 Å². The third kappa shape index (κ3) is 4.17. The molecular weight excluding hydrogens is 244 g/mol. The van der Waals surface area contributed by atoms with Crippen LogP contribution >= 0.6 is 0 Å². The van der Waals surface area contributed by atoms with Crippen molar-refractivity contribution in [1.82, 2.24) is 10.3 Å². The van der Waals surface area contributed by atoms with Crippen LogP contribution in [0, 0.1) is 5.92 Å². The number of fused-ring (bicyclic) bond motifs is 1. The van der Waals surface area contributed by atoms with Crippen molar-refractivity contribution in [3.05, 3.63) is 48.2 Å². The molecule has 0 saturated heterocycles. The molecule has 2 aromatic rings. The molecule has 0 aliphatic carbocycles. The molecule has 1 aromatic carbocycles. The highest BCUT2D eigenvalue weighted by atomic mass is 14.8. The van der Waals surface area contributed by atoms with Crippen LogP contribution in [0.25, 0.3) is 16.5 Å². The van der Waals surface area contributed by atoms with Crippen LogP contribution in [0.3, 0.4) is 0 Å². The number of rotatable bonds is 6. The first-order valence-electron chi connectivity index (χ1n) is 7.39. The maximum absolute atomic E-state index is 4.41. The second kappa shape index (κ2) is 7.20. The summed E-state index contributed by atoms with van der Waals surface area (Å²) < 4.78 is 0. The minimum Gasteiger partial charge on any atom is -0.316 e. The van der Waals surface area contributed by atoms with Crippen molar-refractivity contribution in [1.29, 1.82) is 0 Å². The van der Waals surface area contributed by atoms with Gasteiger partial charge in [-0.2, -0.15) is 0 Å². The van der Waals surface area contributed by atoms with Crippen LogP contribution in [0.5, 0.6) is 0 Å². The third-order valence-corrected chi connectivity index (χ3v) is 3.39. The van der Waals surface area contributed by atoms with Gasteiger partial charge in [0.05, 0.1) is 5.52 Å². The van der Waals surface area contributed by atoms with Crippen molar-refractivity contribution < 1.29 is 0 Å². The van der Waals surface area contributed by atoms with E-state index >= 15 is 0 Å². The molecule has 2 heteroatoms. The molecule has 0 atom stereocenters. The zero-order valence-corrected chi connectivity index (χ0v) is 12.7. The Kier molecular flexibility index (Phi) is 5.31. The zero-order valence-electron chi connectivity index (χ0n) is 12.7. The third-order valence-electron chi connectivity index (χ3n) is 3.39. The van der Waals surface area contributed by atoms with Gasteiger partial charge in [0.2, 0.25) is 0 Å². The minimum atomic E-state index is 0.714. The molecule has 106 valence electrons. The monoisotopic (exact) mass is 268 g/mol. The second-order valence-electron chi connectivity index (χ2n) is 5.68. The molecule has 0 amide bonds. The highest BCUT2D eigenvalue weighted by molar-refractivity contribution is 5.82. The van der Waals surface area contributed by atoms with E-state index in [1.54, 1.807) is 0 Å². The summed E-state index contributed by atoms with van der Waals surface area (Å²) in [5.41, 5.74) is 3.65. The van der Waals surface area contributed by atoms with Crippen LogP contribution < -0.4 is 5.32 Å². The number of benzene rings is 1. The Bertz CT molecular complexity index is 585. The molecule has 0 fully saturated rings. The van der Waals surface area contributed by atoms with Gasteiger partial charge >= 0.3 is 0 Å². The molecule has 2 rings (SSSR count). The molecule has 0 spiro atoms. The predicted octanol–water partition coefficient (Wildman–Crippen LogP) is 4.27. The second-order valence-corrected chi connectivity index (χ2v) is 5.68. The van der Waals surface area contributed by atoms with Crippen molar-refractivity contribution in [2.24, 2.45) is 5.92 Å². The van der Waals surface area contributed by atoms with Crippen LogP contribution in [0.2, 0.25) is 0 Å². The molecule has 0 aliphatic rings. The van der Waals surface area contributed by atoms with Gasteiger partial charge in [-0.3, -0.25) is 4.98 Å². The first-order valence-corrected chi connectivity index (χ1v) is 7.39. The van der Waals surface area contributed by atoms with Gasteiger partial charge in [-0.15, -0.1) is 0 Å². The number of aromatic nitrogens is 1. The van der Waals surface area contributed by atoms with Crippen molar-refractivity contribution in [3.8, 4) is 0 Å². The lowest BCUT2D eigenvalue weighted by atomic mass is 10.0. The van der Waals surface area contributed by atoms with E-state index in [2.05, 4.69) is 61.4 Å². The lowest BCUT2D eigenvalue weighted by Crippen LogP contribution is -2.20. The van der Waals surface area contributed by atoms with Crippen LogP contribution in [-0.4, -0.2) is 18.1 Å². The Morgan fingerprint density at radius 2 is 2.15 bits per heavy atom. The normalized spacial score (nSPS) is 12.3. The highest BCUT2D eigenvalue weighted by Gasteiger charge is 1.99. The molecule has 0 unspecified atom stereocenters. The smallest absolute Gasteiger partial charge is 0.0708 e. The van der Waals surface area contributed by atoms with Gasteiger partial charge in [0.25, 0.3) is 0 Å². The van der Waals surface area contributed by atoms with Crippen molar-refractivity contribution in [2.45, 2.75) is 27.2 Å². The van der Waals surface area contributed by atoms with E-state index in [9.17, 15) is 0 Å². The maximum atomic E-state index is 4.41. The Balaban J connectivity index is 1.97. The molecule has 0 radical (unpaired) electrons. The average Bonchev–Trinajstić information content (AvgIpc) is 2.46. The van der Waals surface area contributed by atoms with E-state index in [1.165, 1.54) is 16.5 Å². The average molecular weight is 268 g/mol. The Morgan fingerprint density at radius 1 is 1.30 bits per heavy atom. The topological polar surface area (TPSA) is 24.9 Å². The predicted molar refractivity (Wildman–Crippen MR) is 87.7 cm³/mol. The molecular formula is C18H24N2. The quantitative estimate of drug-likeness (QED) is 0.791. The van der Waals surface area contributed by atoms with E-state index in [-0.39, 0.29) is 0 Å². The zero-order chi connectivity index (χ0) is 14.4. The van der Waals surface area contributed by atoms with Gasteiger partial charge in [0, 0.05) is 11.6 Å². The molecule has 20 heavy (non-hydrogen) atoms. The summed E-state index contributed by atoms with van der Waals surface area (Å²) in [5.74, 6) is 0.714. The van der Waals surface area contributed by atoms with Gasteiger partial charge in [0.1, 0.15) is 0 Å². The van der Waals surface area contributed by atoms with Gasteiger partial charge < -0.3 is 5.32 Å². The fraction of sp³-hybridized carbons (Fsp3) is 0.389. The summed E-state index contributed by atoms with van der Waals surface area (Å²) in [4.78, 5) is 4.41. The lowest BCUT2D eigenvalue weighted by molar-refractivity contribution is 0.557. The number of nitrogens with zero attached hydrogens (tertiary/aromatic N) is 1. The molecule has 1 aromatic heterocycles.